The van der Waals surface area contributed by atoms with Crippen LogP contribution in [0.15, 0.2) is 30.5 Å². The number of carbonyl (C=O) groups excluding carboxylic acids is 1. The Bertz CT molecular complexity index is 694. The molecule has 1 aliphatic rings. The molecule has 1 amide bonds. The maximum atomic E-state index is 12.6. The highest BCUT2D eigenvalue weighted by Crippen LogP contribution is 2.28. The fourth-order valence-corrected chi connectivity index (χ4v) is 3.08. The minimum absolute atomic E-state index is 0.0929. The third kappa shape index (κ3) is 3.66. The molecule has 1 N–H and O–H groups in total. The van der Waals surface area contributed by atoms with Crippen molar-refractivity contribution in [3.8, 4) is 5.82 Å². The topological polar surface area (TPSA) is 59.8 Å². The Morgan fingerprint density at radius 2 is 1.96 bits per heavy atom. The molecular weight excluding hydrogens is 300 g/mol. The Balaban J connectivity index is 1.90. The molecule has 3 rings (SSSR count). The van der Waals surface area contributed by atoms with E-state index in [9.17, 15) is 4.79 Å². The van der Waals surface area contributed by atoms with Gasteiger partial charge in [-0.2, -0.15) is 9.78 Å². The molecule has 1 saturated carbocycles. The summed E-state index contributed by atoms with van der Waals surface area (Å²) in [6.07, 6.45) is 7.23. The molecule has 2 aromatic rings. The highest BCUT2D eigenvalue weighted by Gasteiger charge is 2.25. The average Bonchev–Trinajstić information content (AvgIpc) is 3.00. The van der Waals surface area contributed by atoms with Gasteiger partial charge in [-0.1, -0.05) is 46.1 Å². The summed E-state index contributed by atoms with van der Waals surface area (Å²) in [5, 5.41) is 7.78. The number of carbonyl (C=O) groups is 1. The van der Waals surface area contributed by atoms with E-state index in [0.29, 0.717) is 11.6 Å². The van der Waals surface area contributed by atoms with E-state index in [1.165, 1.54) is 6.42 Å². The third-order valence-electron chi connectivity index (χ3n) is 4.57. The number of pyridine rings is 1. The van der Waals surface area contributed by atoms with Crippen molar-refractivity contribution in [2.24, 2.45) is 5.92 Å². The van der Waals surface area contributed by atoms with Crippen LogP contribution in [0, 0.1) is 5.92 Å². The summed E-state index contributed by atoms with van der Waals surface area (Å²) in [5.74, 6) is 1.64. The number of rotatable bonds is 3. The minimum atomic E-state index is -0.0929. The second-order valence-electron chi connectivity index (χ2n) is 7.59. The fourth-order valence-electron chi connectivity index (χ4n) is 3.08. The normalized spacial score (nSPS) is 16.1. The standard InChI is InChI=1S/C19H26N4O/c1-19(2,3)15-13-17(21-18(24)14-9-5-4-6-10-14)23(22-15)16-11-7-8-12-20-16/h7-8,11-14H,4-6,9-10H2,1-3H3,(H,21,24). The molecule has 0 spiro atoms. The quantitative estimate of drug-likeness (QED) is 0.924. The molecule has 0 aliphatic heterocycles. The van der Waals surface area contributed by atoms with Gasteiger partial charge >= 0.3 is 0 Å². The summed E-state index contributed by atoms with van der Waals surface area (Å²) in [7, 11) is 0. The van der Waals surface area contributed by atoms with Crippen molar-refractivity contribution in [3.63, 3.8) is 0 Å². The zero-order valence-electron chi connectivity index (χ0n) is 14.7. The van der Waals surface area contributed by atoms with Crippen LogP contribution in [0.2, 0.25) is 0 Å². The zero-order valence-corrected chi connectivity index (χ0v) is 14.7. The zero-order chi connectivity index (χ0) is 17.2. The molecule has 0 atom stereocenters. The first-order valence-electron chi connectivity index (χ1n) is 8.78. The van der Waals surface area contributed by atoms with Gasteiger partial charge in [-0.15, -0.1) is 0 Å². The Morgan fingerprint density at radius 1 is 1.21 bits per heavy atom. The summed E-state index contributed by atoms with van der Waals surface area (Å²) < 4.78 is 1.74. The fraction of sp³-hybridized carbons (Fsp3) is 0.526. The van der Waals surface area contributed by atoms with Crippen molar-refractivity contribution in [1.82, 2.24) is 14.8 Å². The van der Waals surface area contributed by atoms with Gasteiger partial charge in [-0.3, -0.25) is 4.79 Å². The van der Waals surface area contributed by atoms with Gasteiger partial charge in [0.2, 0.25) is 5.91 Å². The molecule has 1 aliphatic carbocycles. The van der Waals surface area contributed by atoms with Crippen LogP contribution < -0.4 is 5.32 Å². The summed E-state index contributed by atoms with van der Waals surface area (Å²) in [6, 6.07) is 7.66. The van der Waals surface area contributed by atoms with Crippen molar-refractivity contribution in [1.29, 1.82) is 0 Å². The van der Waals surface area contributed by atoms with E-state index in [1.54, 1.807) is 10.9 Å². The Morgan fingerprint density at radius 3 is 2.58 bits per heavy atom. The number of anilines is 1. The molecule has 0 radical (unpaired) electrons. The maximum absolute atomic E-state index is 12.6. The van der Waals surface area contributed by atoms with Crippen molar-refractivity contribution in [3.05, 3.63) is 36.2 Å². The van der Waals surface area contributed by atoms with Crippen molar-refractivity contribution < 1.29 is 4.79 Å². The van der Waals surface area contributed by atoms with Crippen LogP contribution in [-0.4, -0.2) is 20.7 Å². The first-order chi connectivity index (χ1) is 11.4. The number of nitrogens with one attached hydrogen (secondary N) is 1. The van der Waals surface area contributed by atoms with E-state index >= 15 is 0 Å². The molecule has 2 aromatic heterocycles. The average molecular weight is 326 g/mol. The molecule has 0 saturated heterocycles. The lowest BCUT2D eigenvalue weighted by Gasteiger charge is -2.20. The minimum Gasteiger partial charge on any atom is -0.310 e. The number of hydrogen-bond acceptors (Lipinski definition) is 3. The van der Waals surface area contributed by atoms with E-state index in [-0.39, 0.29) is 17.2 Å². The van der Waals surface area contributed by atoms with E-state index < -0.39 is 0 Å². The molecular formula is C19H26N4O. The van der Waals surface area contributed by atoms with E-state index in [4.69, 9.17) is 0 Å². The van der Waals surface area contributed by atoms with Gasteiger partial charge in [0.25, 0.3) is 0 Å². The van der Waals surface area contributed by atoms with Crippen LogP contribution in [0.5, 0.6) is 0 Å². The number of hydrogen-bond donors (Lipinski definition) is 1. The Labute approximate surface area is 143 Å². The van der Waals surface area contributed by atoms with Gasteiger partial charge in [-0.05, 0) is 25.0 Å². The highest BCUT2D eigenvalue weighted by atomic mass is 16.2. The smallest absolute Gasteiger partial charge is 0.228 e. The predicted molar refractivity (Wildman–Crippen MR) is 95.3 cm³/mol. The molecule has 2 heterocycles. The predicted octanol–water partition coefficient (Wildman–Crippen LogP) is 4.08. The second-order valence-corrected chi connectivity index (χ2v) is 7.59. The number of aromatic nitrogens is 3. The van der Waals surface area contributed by atoms with E-state index in [0.717, 1.165) is 31.4 Å². The van der Waals surface area contributed by atoms with Crippen LogP contribution >= 0.6 is 0 Å². The lowest BCUT2D eigenvalue weighted by Crippen LogP contribution is -2.25. The lowest BCUT2D eigenvalue weighted by molar-refractivity contribution is -0.120. The monoisotopic (exact) mass is 326 g/mol. The van der Waals surface area contributed by atoms with Gasteiger partial charge in [0, 0.05) is 23.6 Å². The molecule has 0 unspecified atom stereocenters. The summed E-state index contributed by atoms with van der Waals surface area (Å²) in [6.45, 7) is 6.35. The Hall–Kier alpha value is -2.17. The van der Waals surface area contributed by atoms with Crippen molar-refractivity contribution in [2.45, 2.75) is 58.3 Å². The molecule has 128 valence electrons. The molecule has 5 nitrogen and oxygen atoms in total. The molecule has 0 bridgehead atoms. The van der Waals surface area contributed by atoms with Gasteiger partial charge in [0.1, 0.15) is 5.82 Å². The number of amides is 1. The van der Waals surface area contributed by atoms with Crippen molar-refractivity contribution in [2.75, 3.05) is 5.32 Å². The largest absolute Gasteiger partial charge is 0.310 e. The highest BCUT2D eigenvalue weighted by molar-refractivity contribution is 5.92. The van der Waals surface area contributed by atoms with Crippen LogP contribution in [0.4, 0.5) is 5.82 Å². The number of nitrogens with zero attached hydrogens (tertiary/aromatic N) is 3. The maximum Gasteiger partial charge on any atom is 0.228 e. The molecule has 24 heavy (non-hydrogen) atoms. The van der Waals surface area contributed by atoms with Gasteiger partial charge in [0.05, 0.1) is 5.69 Å². The van der Waals surface area contributed by atoms with E-state index in [1.807, 2.05) is 24.3 Å². The van der Waals surface area contributed by atoms with Crippen LogP contribution in [0.3, 0.4) is 0 Å². The second kappa shape index (κ2) is 6.75. The van der Waals surface area contributed by atoms with Crippen molar-refractivity contribution >= 4 is 11.7 Å². The first kappa shape index (κ1) is 16.7. The molecule has 1 fully saturated rings. The summed E-state index contributed by atoms with van der Waals surface area (Å²) in [4.78, 5) is 17.0. The first-order valence-corrected chi connectivity index (χ1v) is 8.78. The lowest BCUT2D eigenvalue weighted by atomic mass is 9.88. The van der Waals surface area contributed by atoms with Crippen LogP contribution in [0.1, 0.15) is 58.6 Å². The van der Waals surface area contributed by atoms with Gasteiger partial charge in [-0.25, -0.2) is 4.98 Å². The Kier molecular flexibility index (Phi) is 4.69. The van der Waals surface area contributed by atoms with Crippen LogP contribution in [0.25, 0.3) is 5.82 Å². The summed E-state index contributed by atoms with van der Waals surface area (Å²) in [5.41, 5.74) is 0.844. The summed E-state index contributed by atoms with van der Waals surface area (Å²) >= 11 is 0. The van der Waals surface area contributed by atoms with Gasteiger partial charge in [0.15, 0.2) is 5.82 Å². The van der Waals surface area contributed by atoms with Crippen LogP contribution in [-0.2, 0) is 10.2 Å². The van der Waals surface area contributed by atoms with Gasteiger partial charge < -0.3 is 5.32 Å². The molecule has 0 aromatic carbocycles. The third-order valence-corrected chi connectivity index (χ3v) is 4.57. The van der Waals surface area contributed by atoms with E-state index in [2.05, 4.69) is 36.2 Å². The molecule has 5 heteroatoms. The SMILES string of the molecule is CC(C)(C)c1cc(NC(=O)C2CCCCC2)n(-c2ccccn2)n1.